The number of hydrogen-bond acceptors (Lipinski definition) is 4. The first-order valence-corrected chi connectivity index (χ1v) is 8.70. The van der Waals surface area contributed by atoms with Gasteiger partial charge in [-0.15, -0.1) is 0 Å². The highest BCUT2D eigenvalue weighted by molar-refractivity contribution is 5.40. The molecule has 0 unspecified atom stereocenters. The topological polar surface area (TPSA) is 52.0 Å². The van der Waals surface area contributed by atoms with E-state index in [1.165, 1.54) is 16.7 Å². The lowest BCUT2D eigenvalue weighted by atomic mass is 9.92. The van der Waals surface area contributed by atoms with Gasteiger partial charge in [0, 0.05) is 0 Å². The average Bonchev–Trinajstić information content (AvgIpc) is 3.10. The quantitative estimate of drug-likeness (QED) is 0.779. The summed E-state index contributed by atoms with van der Waals surface area (Å²) in [7, 11) is 0. The Balaban J connectivity index is 1.66. The van der Waals surface area contributed by atoms with Crippen LogP contribution < -0.4 is 10.1 Å². The summed E-state index contributed by atoms with van der Waals surface area (Å²) >= 11 is 0. The summed E-state index contributed by atoms with van der Waals surface area (Å²) in [5.41, 5.74) is 3.76. The maximum Gasteiger partial charge on any atom is 0.222 e. The van der Waals surface area contributed by atoms with Crippen molar-refractivity contribution in [2.24, 2.45) is 0 Å². The second kappa shape index (κ2) is 6.59. The number of benzene rings is 2. The summed E-state index contributed by atoms with van der Waals surface area (Å²) in [6, 6.07) is 17.3. The third-order valence-corrected chi connectivity index (χ3v) is 4.65. The maximum absolute atomic E-state index is 5.55. The van der Waals surface area contributed by atoms with Crippen LogP contribution in [0.4, 0.5) is 5.95 Å². The van der Waals surface area contributed by atoms with Crippen LogP contribution in [0, 0.1) is 6.92 Å². The monoisotopic (exact) mass is 334 g/mol. The number of aromatic nitrogens is 3. The Kier molecular flexibility index (Phi) is 4.14. The first-order chi connectivity index (χ1) is 12.2. The molecule has 2 atom stereocenters. The van der Waals surface area contributed by atoms with Gasteiger partial charge in [0.05, 0.1) is 18.7 Å². The van der Waals surface area contributed by atoms with Crippen molar-refractivity contribution in [1.82, 2.24) is 14.8 Å². The number of anilines is 1. The van der Waals surface area contributed by atoms with E-state index in [2.05, 4.69) is 58.7 Å². The molecule has 1 aliphatic rings. The molecule has 128 valence electrons. The predicted molar refractivity (Wildman–Crippen MR) is 97.9 cm³/mol. The van der Waals surface area contributed by atoms with Crippen molar-refractivity contribution < 1.29 is 4.74 Å². The van der Waals surface area contributed by atoms with Gasteiger partial charge in [0.15, 0.2) is 0 Å². The standard InChI is InChI=1S/C20H22N4O/c1-3-25-17-9-7-15(8-10-17)18-12-19(16-6-4-5-14(2)11-16)24-20(23-18)21-13-22-24/h4-11,13,18-19H,3,12H2,1-2H3,(H,21,22,23)/t18-,19-/m0/s1. The molecule has 25 heavy (non-hydrogen) atoms. The predicted octanol–water partition coefficient (Wildman–Crippen LogP) is 4.13. The minimum atomic E-state index is 0.176. The Morgan fingerprint density at radius 3 is 2.76 bits per heavy atom. The van der Waals surface area contributed by atoms with Crippen molar-refractivity contribution >= 4 is 5.95 Å². The van der Waals surface area contributed by atoms with Gasteiger partial charge in [-0.3, -0.25) is 0 Å². The highest BCUT2D eigenvalue weighted by atomic mass is 16.5. The molecule has 1 N–H and O–H groups in total. The molecule has 2 aromatic carbocycles. The van der Waals surface area contributed by atoms with Crippen LogP contribution in [0.15, 0.2) is 54.9 Å². The molecule has 0 radical (unpaired) electrons. The Morgan fingerprint density at radius 1 is 1.16 bits per heavy atom. The van der Waals surface area contributed by atoms with Gasteiger partial charge in [0.2, 0.25) is 5.95 Å². The molecular formula is C20H22N4O. The molecule has 2 heterocycles. The maximum atomic E-state index is 5.55. The summed E-state index contributed by atoms with van der Waals surface area (Å²) in [6.07, 6.45) is 2.54. The zero-order valence-corrected chi connectivity index (χ0v) is 14.5. The van der Waals surface area contributed by atoms with Crippen molar-refractivity contribution in [2.75, 3.05) is 11.9 Å². The SMILES string of the molecule is CCOc1ccc([C@@H]2C[C@@H](c3cccc(C)c3)n3ncnc3N2)cc1. The van der Waals surface area contributed by atoms with Crippen LogP contribution in [-0.2, 0) is 0 Å². The molecule has 0 fully saturated rings. The number of nitrogens with zero attached hydrogens (tertiary/aromatic N) is 3. The first-order valence-electron chi connectivity index (χ1n) is 8.70. The zero-order chi connectivity index (χ0) is 17.2. The van der Waals surface area contributed by atoms with Crippen LogP contribution in [0.3, 0.4) is 0 Å². The lowest BCUT2D eigenvalue weighted by Gasteiger charge is -2.32. The van der Waals surface area contributed by atoms with Crippen LogP contribution in [0.2, 0.25) is 0 Å². The molecule has 5 heteroatoms. The van der Waals surface area contributed by atoms with Crippen LogP contribution in [0.5, 0.6) is 5.75 Å². The summed E-state index contributed by atoms with van der Waals surface area (Å²) in [5, 5.41) is 7.94. The summed E-state index contributed by atoms with van der Waals surface area (Å²) in [5.74, 6) is 1.72. The number of aryl methyl sites for hydroxylation is 1. The number of rotatable bonds is 4. The average molecular weight is 334 g/mol. The van der Waals surface area contributed by atoms with Crippen molar-refractivity contribution in [3.05, 3.63) is 71.5 Å². The molecule has 1 aromatic heterocycles. The van der Waals surface area contributed by atoms with E-state index < -0.39 is 0 Å². The number of fused-ring (bicyclic) bond motifs is 1. The lowest BCUT2D eigenvalue weighted by molar-refractivity contribution is 0.340. The summed E-state index contributed by atoms with van der Waals surface area (Å²) in [6.45, 7) is 4.80. The van der Waals surface area contributed by atoms with Gasteiger partial charge in [-0.25, -0.2) is 4.68 Å². The Labute approximate surface area is 147 Å². The van der Waals surface area contributed by atoms with Crippen LogP contribution in [-0.4, -0.2) is 21.4 Å². The molecule has 1 aliphatic heterocycles. The van der Waals surface area contributed by atoms with Crippen molar-refractivity contribution in [3.63, 3.8) is 0 Å². The van der Waals surface area contributed by atoms with Gasteiger partial charge in [0.25, 0.3) is 0 Å². The minimum Gasteiger partial charge on any atom is -0.494 e. The van der Waals surface area contributed by atoms with Gasteiger partial charge in [0.1, 0.15) is 12.1 Å². The fourth-order valence-corrected chi connectivity index (χ4v) is 3.46. The van der Waals surface area contributed by atoms with Crippen molar-refractivity contribution in [1.29, 1.82) is 0 Å². The largest absolute Gasteiger partial charge is 0.494 e. The molecular weight excluding hydrogens is 312 g/mol. The minimum absolute atomic E-state index is 0.176. The Hall–Kier alpha value is -2.82. The van der Waals surface area contributed by atoms with Crippen molar-refractivity contribution in [2.45, 2.75) is 32.4 Å². The third kappa shape index (κ3) is 3.09. The van der Waals surface area contributed by atoms with Gasteiger partial charge in [-0.05, 0) is 43.5 Å². The number of hydrogen-bond donors (Lipinski definition) is 1. The third-order valence-electron chi connectivity index (χ3n) is 4.65. The fourth-order valence-electron chi connectivity index (χ4n) is 3.46. The van der Waals surface area contributed by atoms with E-state index in [4.69, 9.17) is 4.74 Å². The normalized spacial score (nSPS) is 19.1. The lowest BCUT2D eigenvalue weighted by Crippen LogP contribution is -2.28. The molecule has 4 rings (SSSR count). The highest BCUT2D eigenvalue weighted by Crippen LogP contribution is 2.37. The molecule has 0 saturated heterocycles. The van der Waals surface area contributed by atoms with E-state index >= 15 is 0 Å². The van der Waals surface area contributed by atoms with Gasteiger partial charge in [-0.1, -0.05) is 42.0 Å². The summed E-state index contributed by atoms with van der Waals surface area (Å²) in [4.78, 5) is 4.39. The Bertz CT molecular complexity index is 856. The Morgan fingerprint density at radius 2 is 2.00 bits per heavy atom. The first kappa shape index (κ1) is 15.7. The second-order valence-electron chi connectivity index (χ2n) is 6.39. The second-order valence-corrected chi connectivity index (χ2v) is 6.39. The molecule has 0 spiro atoms. The highest BCUT2D eigenvalue weighted by Gasteiger charge is 2.29. The van der Waals surface area contributed by atoms with E-state index in [1.807, 2.05) is 23.7 Å². The molecule has 0 saturated carbocycles. The number of nitrogens with one attached hydrogen (secondary N) is 1. The van der Waals surface area contributed by atoms with Crippen LogP contribution in [0.1, 0.15) is 42.1 Å². The molecule has 5 nitrogen and oxygen atoms in total. The molecule has 0 aliphatic carbocycles. The van der Waals surface area contributed by atoms with E-state index in [0.29, 0.717) is 6.61 Å². The van der Waals surface area contributed by atoms with Crippen LogP contribution >= 0.6 is 0 Å². The van der Waals surface area contributed by atoms with Gasteiger partial charge < -0.3 is 10.1 Å². The van der Waals surface area contributed by atoms with E-state index in [1.54, 1.807) is 6.33 Å². The van der Waals surface area contributed by atoms with Crippen molar-refractivity contribution in [3.8, 4) is 5.75 Å². The van der Waals surface area contributed by atoms with E-state index in [-0.39, 0.29) is 12.1 Å². The van der Waals surface area contributed by atoms with E-state index in [0.717, 1.165) is 18.1 Å². The van der Waals surface area contributed by atoms with Crippen LogP contribution in [0.25, 0.3) is 0 Å². The zero-order valence-electron chi connectivity index (χ0n) is 14.5. The fraction of sp³-hybridized carbons (Fsp3) is 0.300. The molecule has 3 aromatic rings. The molecule has 0 amide bonds. The smallest absolute Gasteiger partial charge is 0.222 e. The van der Waals surface area contributed by atoms with Gasteiger partial charge in [-0.2, -0.15) is 10.1 Å². The van der Waals surface area contributed by atoms with E-state index in [9.17, 15) is 0 Å². The molecule has 0 bridgehead atoms. The van der Waals surface area contributed by atoms with Gasteiger partial charge >= 0.3 is 0 Å². The summed E-state index contributed by atoms with van der Waals surface area (Å²) < 4.78 is 7.53. The number of ether oxygens (including phenoxy) is 1.